The first kappa shape index (κ1) is 22.3. The predicted molar refractivity (Wildman–Crippen MR) is 121 cm³/mol. The fourth-order valence-electron chi connectivity index (χ4n) is 3.29. The van der Waals surface area contributed by atoms with Crippen LogP contribution < -0.4 is 5.32 Å². The lowest BCUT2D eigenvalue weighted by Gasteiger charge is -2.12. The van der Waals surface area contributed by atoms with Crippen LogP contribution in [-0.4, -0.2) is 19.4 Å². The molecule has 1 aliphatic carbocycles. The molecule has 1 fully saturated rings. The molecule has 1 aromatic heterocycles. The quantitative estimate of drug-likeness (QED) is 0.549. The minimum atomic E-state index is -3.89. The number of nitrogens with one attached hydrogen (secondary N) is 1. The molecular weight excluding hydrogens is 423 g/mol. The van der Waals surface area contributed by atoms with E-state index in [1.165, 1.54) is 22.9 Å². The second-order valence-electron chi connectivity index (χ2n) is 7.31. The van der Waals surface area contributed by atoms with Crippen molar-refractivity contribution in [1.29, 1.82) is 0 Å². The van der Waals surface area contributed by atoms with Crippen molar-refractivity contribution >= 4 is 28.5 Å². The second-order valence-corrected chi connectivity index (χ2v) is 9.13. The Morgan fingerprint density at radius 3 is 2.60 bits per heavy atom. The van der Waals surface area contributed by atoms with Gasteiger partial charge >= 0.3 is 0 Å². The van der Waals surface area contributed by atoms with Gasteiger partial charge in [-0.2, -0.15) is 0 Å². The van der Waals surface area contributed by atoms with Gasteiger partial charge in [0.15, 0.2) is 0 Å². The highest BCUT2D eigenvalue weighted by atomic mass is 35.5. The maximum Gasteiger partial charge on any atom is 0.268 e. The molecule has 0 unspecified atom stereocenters. The third-order valence-corrected chi connectivity index (χ3v) is 6.64. The van der Waals surface area contributed by atoms with Crippen LogP contribution in [0.3, 0.4) is 0 Å². The molecule has 3 aromatic rings. The van der Waals surface area contributed by atoms with E-state index >= 15 is 0 Å². The largest absolute Gasteiger partial charge is 0.316 e. The average molecular weight is 447 g/mol. The molecule has 2 aromatic carbocycles. The van der Waals surface area contributed by atoms with E-state index in [-0.39, 0.29) is 22.9 Å². The van der Waals surface area contributed by atoms with Crippen molar-refractivity contribution in [2.24, 2.45) is 5.92 Å². The summed E-state index contributed by atoms with van der Waals surface area (Å²) in [5.41, 5.74) is 2.17. The van der Waals surface area contributed by atoms with Crippen molar-refractivity contribution in [3.8, 4) is 11.3 Å². The first-order valence-electron chi connectivity index (χ1n) is 9.63. The van der Waals surface area contributed by atoms with Crippen LogP contribution >= 0.6 is 12.4 Å². The first-order valence-corrected chi connectivity index (χ1v) is 11.1. The van der Waals surface area contributed by atoms with Gasteiger partial charge in [-0.15, -0.1) is 12.4 Å². The SMILES string of the molecule is CNCc1cc(-c2ccccc2F)n(S(=O)(=O)c2cccc(/C=C/C3CC3)c2)c1.Cl. The summed E-state index contributed by atoms with van der Waals surface area (Å²) in [6.07, 6.45) is 8.03. The summed E-state index contributed by atoms with van der Waals surface area (Å²) in [4.78, 5) is 0.180. The van der Waals surface area contributed by atoms with Gasteiger partial charge in [-0.1, -0.05) is 36.4 Å². The molecule has 1 N–H and O–H groups in total. The van der Waals surface area contributed by atoms with Crippen LogP contribution in [0.25, 0.3) is 17.3 Å². The van der Waals surface area contributed by atoms with Crippen LogP contribution in [0.4, 0.5) is 4.39 Å². The van der Waals surface area contributed by atoms with E-state index in [1.807, 2.05) is 12.1 Å². The van der Waals surface area contributed by atoms with Gasteiger partial charge in [0.1, 0.15) is 5.82 Å². The van der Waals surface area contributed by atoms with Crippen LogP contribution in [0.1, 0.15) is 24.0 Å². The maximum atomic E-state index is 14.5. The Balaban J connectivity index is 0.00000256. The molecule has 158 valence electrons. The van der Waals surface area contributed by atoms with Gasteiger partial charge in [-0.25, -0.2) is 16.8 Å². The minimum absolute atomic E-state index is 0. The lowest BCUT2D eigenvalue weighted by Crippen LogP contribution is -2.14. The minimum Gasteiger partial charge on any atom is -0.316 e. The first-order chi connectivity index (χ1) is 14.0. The molecule has 4 rings (SSSR count). The summed E-state index contributed by atoms with van der Waals surface area (Å²) in [6.45, 7) is 0.480. The lowest BCUT2D eigenvalue weighted by molar-refractivity contribution is 0.587. The number of allylic oxidation sites excluding steroid dienone is 1. The Morgan fingerprint density at radius 2 is 1.90 bits per heavy atom. The lowest BCUT2D eigenvalue weighted by atomic mass is 10.1. The Hall–Kier alpha value is -2.41. The topological polar surface area (TPSA) is 51.1 Å². The highest BCUT2D eigenvalue weighted by Gasteiger charge is 2.23. The van der Waals surface area contributed by atoms with E-state index in [1.54, 1.807) is 55.7 Å². The predicted octanol–water partition coefficient (Wildman–Crippen LogP) is 5.10. The van der Waals surface area contributed by atoms with E-state index < -0.39 is 15.8 Å². The normalized spacial score (nSPS) is 14.1. The molecular formula is C23H24ClFN2O2S. The summed E-state index contributed by atoms with van der Waals surface area (Å²) in [5, 5.41) is 3.01. The van der Waals surface area contributed by atoms with E-state index in [4.69, 9.17) is 0 Å². The molecule has 1 aliphatic rings. The smallest absolute Gasteiger partial charge is 0.268 e. The standard InChI is InChI=1S/C23H23FN2O2S.ClH/c1-25-15-19-14-23(21-7-2-3-8-22(21)24)26(16-19)29(27,28)20-6-4-5-18(13-20)12-11-17-9-10-17;/h2-8,11-14,16-17,25H,9-10,15H2,1H3;1H/b12-11+;. The average Bonchev–Trinajstić information content (AvgIpc) is 3.45. The summed E-state index contributed by atoms with van der Waals surface area (Å²) in [7, 11) is -2.11. The van der Waals surface area contributed by atoms with Crippen molar-refractivity contribution in [3.63, 3.8) is 0 Å². The third kappa shape index (κ3) is 4.67. The fourth-order valence-corrected chi connectivity index (χ4v) is 4.74. The van der Waals surface area contributed by atoms with Gasteiger partial charge in [-0.05, 0) is 67.3 Å². The molecule has 0 bridgehead atoms. The molecule has 0 amide bonds. The molecule has 1 heterocycles. The van der Waals surface area contributed by atoms with Crippen LogP contribution in [0.15, 0.2) is 71.8 Å². The van der Waals surface area contributed by atoms with Crippen LogP contribution in [0.2, 0.25) is 0 Å². The molecule has 4 nitrogen and oxygen atoms in total. The number of nitrogens with zero attached hydrogens (tertiary/aromatic N) is 1. The zero-order valence-corrected chi connectivity index (χ0v) is 18.2. The third-order valence-electron chi connectivity index (χ3n) is 4.97. The highest BCUT2D eigenvalue weighted by Crippen LogP contribution is 2.32. The van der Waals surface area contributed by atoms with Gasteiger partial charge in [0.2, 0.25) is 0 Å². The molecule has 1 saturated carbocycles. The second kappa shape index (κ2) is 9.16. The van der Waals surface area contributed by atoms with Crippen LogP contribution in [-0.2, 0) is 16.6 Å². The molecule has 30 heavy (non-hydrogen) atoms. The molecule has 7 heteroatoms. The van der Waals surface area contributed by atoms with E-state index in [0.29, 0.717) is 18.2 Å². The van der Waals surface area contributed by atoms with Crippen LogP contribution in [0, 0.1) is 11.7 Å². The number of rotatable bonds is 7. The Bertz CT molecular complexity index is 1170. The number of hydrogen-bond donors (Lipinski definition) is 1. The van der Waals surface area contributed by atoms with Gasteiger partial charge in [0.25, 0.3) is 10.0 Å². The van der Waals surface area contributed by atoms with E-state index in [2.05, 4.69) is 11.4 Å². The van der Waals surface area contributed by atoms with Gasteiger partial charge in [0.05, 0.1) is 10.6 Å². The number of aromatic nitrogens is 1. The fraction of sp³-hybridized carbons (Fsp3) is 0.217. The molecule has 0 saturated heterocycles. The summed E-state index contributed by atoms with van der Waals surface area (Å²) < 4.78 is 42.5. The van der Waals surface area contributed by atoms with Crippen LogP contribution in [0.5, 0.6) is 0 Å². The van der Waals surface area contributed by atoms with Crippen molar-refractivity contribution < 1.29 is 12.8 Å². The summed E-state index contributed by atoms with van der Waals surface area (Å²) >= 11 is 0. The molecule has 0 spiro atoms. The Labute approximate surface area is 182 Å². The van der Waals surface area contributed by atoms with E-state index in [9.17, 15) is 12.8 Å². The zero-order chi connectivity index (χ0) is 20.4. The van der Waals surface area contributed by atoms with E-state index in [0.717, 1.165) is 11.1 Å². The summed E-state index contributed by atoms with van der Waals surface area (Å²) in [5.74, 6) is 0.149. The zero-order valence-electron chi connectivity index (χ0n) is 16.6. The van der Waals surface area contributed by atoms with Crippen molar-refractivity contribution in [2.75, 3.05) is 7.05 Å². The van der Waals surface area contributed by atoms with Gasteiger partial charge in [-0.3, -0.25) is 0 Å². The maximum absolute atomic E-state index is 14.5. The highest BCUT2D eigenvalue weighted by molar-refractivity contribution is 7.90. The van der Waals surface area contributed by atoms with Crippen molar-refractivity contribution in [2.45, 2.75) is 24.3 Å². The van der Waals surface area contributed by atoms with Crippen molar-refractivity contribution in [1.82, 2.24) is 9.29 Å². The van der Waals surface area contributed by atoms with Gasteiger partial charge < -0.3 is 5.32 Å². The number of benzene rings is 2. The molecule has 0 aliphatic heterocycles. The Kier molecular flexibility index (Phi) is 6.81. The van der Waals surface area contributed by atoms with Crippen molar-refractivity contribution in [3.05, 3.63) is 83.8 Å². The number of hydrogen-bond acceptors (Lipinski definition) is 3. The molecule has 0 radical (unpaired) electrons. The summed E-state index contributed by atoms with van der Waals surface area (Å²) in [6, 6.07) is 14.8. The molecule has 0 atom stereocenters. The van der Waals surface area contributed by atoms with Gasteiger partial charge in [0, 0.05) is 18.3 Å². The monoisotopic (exact) mass is 446 g/mol. The number of halogens is 2. The Morgan fingerprint density at radius 1 is 1.13 bits per heavy atom.